The Balaban J connectivity index is 0.00000392. The molecule has 156 valence electrons. The molecule has 1 aromatic carbocycles. The second kappa shape index (κ2) is 13.8. The summed E-state index contributed by atoms with van der Waals surface area (Å²) >= 11 is 0. The Morgan fingerprint density at radius 1 is 0.643 bits per heavy atom. The van der Waals surface area contributed by atoms with Crippen LogP contribution in [0.3, 0.4) is 0 Å². The van der Waals surface area contributed by atoms with E-state index in [0.717, 1.165) is 0 Å². The molecule has 0 aliphatic carbocycles. The molecule has 0 radical (unpaired) electrons. The second-order valence-electron chi connectivity index (χ2n) is 8.25. The van der Waals surface area contributed by atoms with Crippen LogP contribution in [0.25, 0.3) is 5.69 Å². The van der Waals surface area contributed by atoms with E-state index in [4.69, 9.17) is 0 Å². The Labute approximate surface area is 180 Å². The molecule has 2 aromatic rings. The molecule has 0 amide bonds. The van der Waals surface area contributed by atoms with Crippen molar-refractivity contribution < 1.29 is 17.0 Å². The largest absolute Gasteiger partial charge is 1.00 e. The summed E-state index contributed by atoms with van der Waals surface area (Å²) < 4.78 is 2.34. The van der Waals surface area contributed by atoms with Gasteiger partial charge in [0.1, 0.15) is 0 Å². The van der Waals surface area contributed by atoms with Crippen LogP contribution in [0.2, 0.25) is 0 Å². The lowest BCUT2D eigenvalue weighted by atomic mass is 10.0. The van der Waals surface area contributed by atoms with E-state index in [1.54, 1.807) is 0 Å². The number of aromatic nitrogens is 1. The van der Waals surface area contributed by atoms with Gasteiger partial charge in [-0.15, -0.1) is 0 Å². The first-order valence-electron chi connectivity index (χ1n) is 11.2. The van der Waals surface area contributed by atoms with Gasteiger partial charge < -0.3 is 12.4 Å². The van der Waals surface area contributed by atoms with Crippen molar-refractivity contribution in [1.29, 1.82) is 0 Å². The summed E-state index contributed by atoms with van der Waals surface area (Å²) in [5, 5.41) is 0. The van der Waals surface area contributed by atoms with Crippen molar-refractivity contribution in [1.82, 2.24) is 0 Å². The molecular weight excluding hydrogens is 362 g/mol. The van der Waals surface area contributed by atoms with Crippen LogP contribution in [0, 0.1) is 20.8 Å². The third-order valence-electron chi connectivity index (χ3n) is 5.59. The van der Waals surface area contributed by atoms with Crippen molar-refractivity contribution in [2.24, 2.45) is 0 Å². The van der Waals surface area contributed by atoms with Gasteiger partial charge in [-0.3, -0.25) is 0 Å². The maximum atomic E-state index is 2.34. The van der Waals surface area contributed by atoms with Crippen LogP contribution in [0.4, 0.5) is 0 Å². The Kier molecular flexibility index (Phi) is 12.1. The lowest BCUT2D eigenvalue weighted by Crippen LogP contribution is -3.00. The summed E-state index contributed by atoms with van der Waals surface area (Å²) in [6.45, 7) is 8.84. The van der Waals surface area contributed by atoms with Crippen LogP contribution in [-0.4, -0.2) is 0 Å². The van der Waals surface area contributed by atoms with E-state index in [0.29, 0.717) is 0 Å². The fourth-order valence-corrected chi connectivity index (χ4v) is 4.14. The minimum Gasteiger partial charge on any atom is -1.00 e. The van der Waals surface area contributed by atoms with Crippen LogP contribution in [0.1, 0.15) is 93.6 Å². The predicted octanol–water partition coefficient (Wildman–Crippen LogP) is 4.36. The fraction of sp³-hybridized carbons (Fsp3) is 0.577. The first kappa shape index (κ1) is 24.7. The third kappa shape index (κ3) is 8.35. The lowest BCUT2D eigenvalue weighted by molar-refractivity contribution is -0.609. The highest BCUT2D eigenvalue weighted by Crippen LogP contribution is 2.14. The minimum atomic E-state index is 0. The second-order valence-corrected chi connectivity index (χ2v) is 8.25. The van der Waals surface area contributed by atoms with Crippen molar-refractivity contribution in [2.45, 2.75) is 98.3 Å². The van der Waals surface area contributed by atoms with E-state index in [9.17, 15) is 0 Å². The SMILES string of the molecule is CCCCCCCCCCCCc1ccc(-[n+]2c(C)cc(C)cc2C)cc1.[Cl-]. The van der Waals surface area contributed by atoms with Gasteiger partial charge in [0.2, 0.25) is 5.69 Å². The third-order valence-corrected chi connectivity index (χ3v) is 5.59. The average Bonchev–Trinajstić information content (AvgIpc) is 2.63. The van der Waals surface area contributed by atoms with Gasteiger partial charge in [-0.25, -0.2) is 0 Å². The Morgan fingerprint density at radius 2 is 1.11 bits per heavy atom. The highest BCUT2D eigenvalue weighted by Gasteiger charge is 2.14. The highest BCUT2D eigenvalue weighted by atomic mass is 35.5. The molecule has 0 saturated heterocycles. The molecule has 0 N–H and O–H groups in total. The number of benzene rings is 1. The number of nitrogens with zero attached hydrogens (tertiary/aromatic N) is 1. The molecule has 1 heterocycles. The molecule has 1 aromatic heterocycles. The zero-order valence-corrected chi connectivity index (χ0v) is 19.3. The summed E-state index contributed by atoms with van der Waals surface area (Å²) in [7, 11) is 0. The Morgan fingerprint density at radius 3 is 1.61 bits per heavy atom. The van der Waals surface area contributed by atoms with Crippen molar-refractivity contribution in [3.8, 4) is 5.69 Å². The van der Waals surface area contributed by atoms with Gasteiger partial charge in [-0.05, 0) is 30.9 Å². The van der Waals surface area contributed by atoms with Crippen molar-refractivity contribution in [3.05, 3.63) is 58.9 Å². The smallest absolute Gasteiger partial charge is 0.211 e. The van der Waals surface area contributed by atoms with Crippen LogP contribution < -0.4 is 17.0 Å². The van der Waals surface area contributed by atoms with Crippen LogP contribution in [0.15, 0.2) is 36.4 Å². The monoisotopic (exact) mass is 401 g/mol. The normalized spacial score (nSPS) is 10.7. The van der Waals surface area contributed by atoms with Crippen LogP contribution in [-0.2, 0) is 6.42 Å². The van der Waals surface area contributed by atoms with Gasteiger partial charge in [0.25, 0.3) is 0 Å². The zero-order chi connectivity index (χ0) is 19.5. The van der Waals surface area contributed by atoms with Gasteiger partial charge in [0, 0.05) is 38.1 Å². The summed E-state index contributed by atoms with van der Waals surface area (Å²) in [5.74, 6) is 0. The first-order chi connectivity index (χ1) is 13.1. The molecule has 0 saturated carbocycles. The van der Waals surface area contributed by atoms with Gasteiger partial charge in [-0.2, -0.15) is 4.57 Å². The zero-order valence-electron chi connectivity index (χ0n) is 18.6. The van der Waals surface area contributed by atoms with Crippen LogP contribution >= 0.6 is 0 Å². The number of unbranched alkanes of at least 4 members (excludes halogenated alkanes) is 9. The number of halogens is 1. The van der Waals surface area contributed by atoms with E-state index in [1.165, 1.54) is 98.8 Å². The standard InChI is InChI=1S/C26H40N.ClH/c1-5-6-7-8-9-10-11-12-13-14-15-25-16-18-26(19-17-25)27-23(3)20-22(2)21-24(27)4;/h16-21H,5-15H2,1-4H3;1H/q+1;/p-1. The molecule has 2 rings (SSSR count). The van der Waals surface area contributed by atoms with Gasteiger partial charge in [0.05, 0.1) is 0 Å². The maximum absolute atomic E-state index is 2.34. The van der Waals surface area contributed by atoms with Gasteiger partial charge in [-0.1, -0.05) is 76.8 Å². The molecule has 28 heavy (non-hydrogen) atoms. The molecule has 2 heteroatoms. The Bertz CT molecular complexity index is 652. The van der Waals surface area contributed by atoms with Gasteiger partial charge >= 0.3 is 0 Å². The maximum Gasteiger partial charge on any atom is 0.211 e. The summed E-state index contributed by atoms with van der Waals surface area (Å²) in [6.07, 6.45) is 15.3. The molecule has 0 aliphatic rings. The fourth-order valence-electron chi connectivity index (χ4n) is 4.14. The summed E-state index contributed by atoms with van der Waals surface area (Å²) in [5.41, 5.74) is 6.68. The Hall–Kier alpha value is -1.34. The minimum absolute atomic E-state index is 0. The number of hydrogen-bond acceptors (Lipinski definition) is 0. The van der Waals surface area contributed by atoms with Crippen molar-refractivity contribution in [3.63, 3.8) is 0 Å². The molecule has 0 unspecified atom stereocenters. The number of aryl methyl sites for hydroxylation is 4. The van der Waals surface area contributed by atoms with E-state index in [1.807, 2.05) is 0 Å². The molecule has 0 fully saturated rings. The lowest BCUT2D eigenvalue weighted by Gasteiger charge is -2.06. The highest BCUT2D eigenvalue weighted by molar-refractivity contribution is 5.29. The predicted molar refractivity (Wildman–Crippen MR) is 118 cm³/mol. The quantitative estimate of drug-likeness (QED) is 0.367. The van der Waals surface area contributed by atoms with E-state index in [-0.39, 0.29) is 12.4 Å². The topological polar surface area (TPSA) is 3.88 Å². The number of pyridine rings is 1. The summed E-state index contributed by atoms with van der Waals surface area (Å²) in [6, 6.07) is 13.7. The molecular formula is C26H40ClN. The summed E-state index contributed by atoms with van der Waals surface area (Å²) in [4.78, 5) is 0. The number of rotatable bonds is 12. The first-order valence-corrected chi connectivity index (χ1v) is 11.2. The molecule has 0 bridgehead atoms. The number of hydrogen-bond donors (Lipinski definition) is 0. The van der Waals surface area contributed by atoms with E-state index in [2.05, 4.69) is 68.7 Å². The molecule has 0 aliphatic heterocycles. The molecule has 0 atom stereocenters. The molecule has 1 nitrogen and oxygen atoms in total. The van der Waals surface area contributed by atoms with Crippen molar-refractivity contribution in [2.75, 3.05) is 0 Å². The average molecular weight is 402 g/mol. The van der Waals surface area contributed by atoms with Crippen LogP contribution in [0.5, 0.6) is 0 Å². The van der Waals surface area contributed by atoms with Crippen molar-refractivity contribution >= 4 is 0 Å². The molecule has 0 spiro atoms. The van der Waals surface area contributed by atoms with E-state index < -0.39 is 0 Å². The van der Waals surface area contributed by atoms with Gasteiger partial charge in [0.15, 0.2) is 11.4 Å². The van der Waals surface area contributed by atoms with E-state index >= 15 is 0 Å².